The molecule has 0 N–H and O–H groups in total. The van der Waals surface area contributed by atoms with E-state index in [-0.39, 0.29) is 26.8 Å². The van der Waals surface area contributed by atoms with E-state index in [1.54, 1.807) is 12.2 Å². The third kappa shape index (κ3) is 5.63. The smallest absolute Gasteiger partial charge is 0.178 e. The number of allylic oxidation sites excluding steroid dienone is 2. The summed E-state index contributed by atoms with van der Waals surface area (Å²) >= 11 is 0. The Morgan fingerprint density at radius 3 is 1.42 bits per heavy atom. The Hall–Kier alpha value is -1.72. The predicted octanol–water partition coefficient (Wildman–Crippen LogP) is 3.98. The van der Waals surface area contributed by atoms with Crippen LogP contribution in [0.25, 0.3) is 12.2 Å². The summed E-state index contributed by atoms with van der Waals surface area (Å²) in [6, 6.07) is 19.6. The van der Waals surface area contributed by atoms with E-state index in [1.807, 2.05) is 72.8 Å². The summed E-state index contributed by atoms with van der Waals surface area (Å²) < 4.78 is 0. The Labute approximate surface area is 127 Å². The molecule has 2 aromatic carbocycles. The van der Waals surface area contributed by atoms with Crippen molar-refractivity contribution in [3.8, 4) is 0 Å². The van der Waals surface area contributed by atoms with Crippen LogP contribution >= 0.6 is 0 Å². The minimum Gasteiger partial charge on any atom is -0.290 e. The largest absolute Gasteiger partial charge is 0.290 e. The SMILES string of the molecule is O=C(/C=C\c1ccccc1)/C=C/c1ccccc1.[Pt]. The summed E-state index contributed by atoms with van der Waals surface area (Å²) in [4.78, 5) is 11.6. The van der Waals surface area contributed by atoms with Crippen molar-refractivity contribution in [2.24, 2.45) is 0 Å². The summed E-state index contributed by atoms with van der Waals surface area (Å²) in [6.45, 7) is 0. The quantitative estimate of drug-likeness (QED) is 0.673. The maximum absolute atomic E-state index is 11.6. The summed E-state index contributed by atoms with van der Waals surface area (Å²) in [5.74, 6) is -0.0114. The number of carbonyl (C=O) groups excluding carboxylic acids is 1. The van der Waals surface area contributed by atoms with Gasteiger partial charge in [0.25, 0.3) is 0 Å². The van der Waals surface area contributed by atoms with Crippen LogP contribution in [0, 0.1) is 0 Å². The van der Waals surface area contributed by atoms with Gasteiger partial charge < -0.3 is 0 Å². The molecule has 0 fully saturated rings. The summed E-state index contributed by atoms with van der Waals surface area (Å²) in [5, 5.41) is 0. The first-order valence-corrected chi connectivity index (χ1v) is 5.85. The molecule has 0 spiro atoms. The van der Waals surface area contributed by atoms with Crippen LogP contribution in [0.4, 0.5) is 0 Å². The Balaban J connectivity index is 0.00000180. The van der Waals surface area contributed by atoms with Crippen LogP contribution in [-0.2, 0) is 25.9 Å². The minimum atomic E-state index is -0.0114. The molecule has 1 nitrogen and oxygen atoms in total. The molecule has 0 saturated carbocycles. The number of rotatable bonds is 4. The van der Waals surface area contributed by atoms with Gasteiger partial charge in [-0.1, -0.05) is 72.8 Å². The average Bonchev–Trinajstić information content (AvgIpc) is 2.45. The molecule has 0 aromatic heterocycles. The van der Waals surface area contributed by atoms with Crippen molar-refractivity contribution in [2.45, 2.75) is 0 Å². The van der Waals surface area contributed by atoms with Gasteiger partial charge in [-0.05, 0) is 23.3 Å². The average molecular weight is 429 g/mol. The van der Waals surface area contributed by atoms with E-state index >= 15 is 0 Å². The van der Waals surface area contributed by atoms with Gasteiger partial charge in [-0.15, -0.1) is 0 Å². The maximum Gasteiger partial charge on any atom is 0.178 e. The fraction of sp³-hybridized carbons (Fsp3) is 0. The van der Waals surface area contributed by atoms with E-state index in [9.17, 15) is 4.79 Å². The van der Waals surface area contributed by atoms with Crippen LogP contribution < -0.4 is 0 Å². The zero-order valence-corrected chi connectivity index (χ0v) is 12.6. The molecule has 0 bridgehead atoms. The molecule has 2 heteroatoms. The molecule has 0 radical (unpaired) electrons. The normalized spacial score (nSPS) is 10.5. The van der Waals surface area contributed by atoms with E-state index in [1.165, 1.54) is 0 Å². The van der Waals surface area contributed by atoms with Gasteiger partial charge >= 0.3 is 0 Å². The van der Waals surface area contributed by atoms with Crippen LogP contribution in [0.5, 0.6) is 0 Å². The van der Waals surface area contributed by atoms with Crippen LogP contribution in [0.2, 0.25) is 0 Å². The van der Waals surface area contributed by atoms with Crippen LogP contribution in [0.3, 0.4) is 0 Å². The number of carbonyl (C=O) groups is 1. The molecular formula is C17H14OPt. The molecule has 2 aromatic rings. The van der Waals surface area contributed by atoms with Crippen molar-refractivity contribution in [3.05, 3.63) is 83.9 Å². The number of benzene rings is 2. The second kappa shape index (κ2) is 8.39. The van der Waals surface area contributed by atoms with Gasteiger partial charge in [-0.2, -0.15) is 0 Å². The van der Waals surface area contributed by atoms with Crippen molar-refractivity contribution >= 4 is 17.9 Å². The molecular weight excluding hydrogens is 415 g/mol. The van der Waals surface area contributed by atoms with Gasteiger partial charge in [0.15, 0.2) is 5.78 Å². The van der Waals surface area contributed by atoms with Gasteiger partial charge in [-0.25, -0.2) is 0 Å². The Bertz CT molecular complexity index is 505. The first-order valence-electron chi connectivity index (χ1n) is 5.85. The fourth-order valence-corrected chi connectivity index (χ4v) is 1.54. The van der Waals surface area contributed by atoms with Crippen molar-refractivity contribution in [3.63, 3.8) is 0 Å². The summed E-state index contributed by atoms with van der Waals surface area (Å²) in [7, 11) is 0. The van der Waals surface area contributed by atoms with Crippen molar-refractivity contribution < 1.29 is 25.9 Å². The van der Waals surface area contributed by atoms with Crippen molar-refractivity contribution in [1.29, 1.82) is 0 Å². The van der Waals surface area contributed by atoms with Crippen molar-refractivity contribution in [1.82, 2.24) is 0 Å². The van der Waals surface area contributed by atoms with Crippen LogP contribution in [-0.4, -0.2) is 5.78 Å². The second-order valence-electron chi connectivity index (χ2n) is 3.89. The van der Waals surface area contributed by atoms with Gasteiger partial charge in [0.1, 0.15) is 0 Å². The first kappa shape index (κ1) is 15.3. The molecule has 0 atom stereocenters. The predicted molar refractivity (Wildman–Crippen MR) is 76.0 cm³/mol. The Morgan fingerprint density at radius 2 is 1.05 bits per heavy atom. The molecule has 19 heavy (non-hydrogen) atoms. The van der Waals surface area contributed by atoms with E-state index in [4.69, 9.17) is 0 Å². The molecule has 0 aliphatic carbocycles. The van der Waals surface area contributed by atoms with Gasteiger partial charge in [0.05, 0.1) is 0 Å². The molecule has 2 rings (SSSR count). The van der Waals surface area contributed by atoms with Gasteiger partial charge in [0, 0.05) is 21.1 Å². The number of ketones is 1. The molecule has 0 aliphatic rings. The van der Waals surface area contributed by atoms with E-state index < -0.39 is 0 Å². The monoisotopic (exact) mass is 429 g/mol. The minimum absolute atomic E-state index is 0. The summed E-state index contributed by atoms with van der Waals surface area (Å²) in [6.07, 6.45) is 6.79. The second-order valence-corrected chi connectivity index (χ2v) is 3.89. The molecule has 0 aliphatic heterocycles. The third-order valence-electron chi connectivity index (χ3n) is 2.48. The zero-order valence-electron chi connectivity index (χ0n) is 10.3. The standard InChI is InChI=1S/C17H14O.Pt/c18-17(13-11-15-7-3-1-4-8-15)14-12-16-9-5-2-6-10-16;/h1-14H;/b13-11-,14-12+;. The van der Waals surface area contributed by atoms with Crippen LogP contribution in [0.15, 0.2) is 72.8 Å². The topological polar surface area (TPSA) is 17.1 Å². The number of hydrogen-bond donors (Lipinski definition) is 0. The first-order chi connectivity index (χ1) is 8.84. The Kier molecular flexibility index (Phi) is 6.77. The van der Waals surface area contributed by atoms with E-state index in [0.717, 1.165) is 11.1 Å². The third-order valence-corrected chi connectivity index (χ3v) is 2.48. The molecule has 0 heterocycles. The number of hydrogen-bond acceptors (Lipinski definition) is 1. The van der Waals surface area contributed by atoms with Gasteiger partial charge in [-0.3, -0.25) is 4.79 Å². The van der Waals surface area contributed by atoms with E-state index in [2.05, 4.69) is 0 Å². The van der Waals surface area contributed by atoms with E-state index in [0.29, 0.717) is 0 Å². The molecule has 98 valence electrons. The van der Waals surface area contributed by atoms with Crippen LogP contribution in [0.1, 0.15) is 11.1 Å². The molecule has 0 saturated heterocycles. The molecule has 0 unspecified atom stereocenters. The fourth-order valence-electron chi connectivity index (χ4n) is 1.54. The molecule has 0 amide bonds. The Morgan fingerprint density at radius 1 is 0.684 bits per heavy atom. The zero-order chi connectivity index (χ0) is 12.6. The summed E-state index contributed by atoms with van der Waals surface area (Å²) in [5.41, 5.74) is 2.05. The van der Waals surface area contributed by atoms with Gasteiger partial charge in [0.2, 0.25) is 0 Å². The maximum atomic E-state index is 11.6. The van der Waals surface area contributed by atoms with Crippen molar-refractivity contribution in [2.75, 3.05) is 0 Å².